The minimum Gasteiger partial charge on any atom is -0.458 e. The van der Waals surface area contributed by atoms with E-state index in [0.717, 1.165) is 0 Å². The summed E-state index contributed by atoms with van der Waals surface area (Å²) in [6.07, 6.45) is -0.644. The van der Waals surface area contributed by atoms with Crippen LogP contribution < -0.4 is 4.84 Å². The molecule has 0 aromatic rings. The van der Waals surface area contributed by atoms with E-state index >= 15 is 0 Å². The molecule has 0 bridgehead atoms. The van der Waals surface area contributed by atoms with Crippen LogP contribution in [0.3, 0.4) is 0 Å². The summed E-state index contributed by atoms with van der Waals surface area (Å²) in [5, 5.41) is 8.53. The first-order valence-electron chi connectivity index (χ1n) is 2.94. The Labute approximate surface area is 74.5 Å². The van der Waals surface area contributed by atoms with Crippen LogP contribution in [-0.4, -0.2) is 36.2 Å². The lowest BCUT2D eigenvalue weighted by molar-refractivity contribution is -0.148. The van der Waals surface area contributed by atoms with Gasteiger partial charge in [-0.25, -0.2) is 4.84 Å². The number of halogens is 2. The van der Waals surface area contributed by atoms with Gasteiger partial charge in [0, 0.05) is 0 Å². The molecule has 0 unspecified atom stereocenters. The van der Waals surface area contributed by atoms with Crippen molar-refractivity contribution >= 4 is 29.3 Å². The van der Waals surface area contributed by atoms with Gasteiger partial charge in [0.2, 0.25) is 0 Å². The highest BCUT2D eigenvalue weighted by Crippen LogP contribution is 1.94. The van der Waals surface area contributed by atoms with Crippen LogP contribution in [0.15, 0.2) is 0 Å². The number of carbonyl (C=O) groups is 1. The third-order valence-electron chi connectivity index (χ3n) is 0.885. The van der Waals surface area contributed by atoms with Gasteiger partial charge in [0.1, 0.15) is 12.6 Å². The van der Waals surface area contributed by atoms with Crippen molar-refractivity contribution in [2.75, 3.05) is 19.0 Å². The summed E-state index contributed by atoms with van der Waals surface area (Å²) >= 11 is 10.3. The molecule has 2 N–H and O–H groups in total. The van der Waals surface area contributed by atoms with E-state index in [4.69, 9.17) is 28.5 Å². The molecule has 0 saturated heterocycles. The highest BCUT2D eigenvalue weighted by Gasteiger charge is 2.10. The summed E-state index contributed by atoms with van der Waals surface area (Å²) in [7, 11) is 0. The van der Waals surface area contributed by atoms with Crippen molar-refractivity contribution in [3.8, 4) is 0 Å². The van der Waals surface area contributed by atoms with Crippen LogP contribution in [0.25, 0.3) is 0 Å². The summed E-state index contributed by atoms with van der Waals surface area (Å²) in [6, 6.07) is 0. The number of hydrogen-bond donors (Lipinski definition) is 2. The first-order valence-corrected chi connectivity index (χ1v) is 3.85. The predicted octanol–water partition coefficient (Wildman–Crippen LogP) is -0.127. The Morgan fingerprint density at radius 1 is 1.73 bits per heavy atom. The summed E-state index contributed by atoms with van der Waals surface area (Å²) < 4.78 is 4.62. The van der Waals surface area contributed by atoms with E-state index in [2.05, 4.69) is 9.57 Å². The molecular weight excluding hydrogens is 193 g/mol. The Morgan fingerprint density at radius 2 is 2.36 bits per heavy atom. The maximum atomic E-state index is 10.6. The molecule has 0 aromatic carbocycles. The number of rotatable bonds is 5. The molecule has 66 valence electrons. The van der Waals surface area contributed by atoms with Gasteiger partial charge in [-0.3, -0.25) is 4.79 Å². The van der Waals surface area contributed by atoms with Gasteiger partial charge in [-0.05, 0) is 11.8 Å². The minimum absolute atomic E-state index is 0.0739. The smallest absolute Gasteiger partial charge is 0.321 e. The summed E-state index contributed by atoms with van der Waals surface area (Å²) in [6.45, 7) is -0.382. The zero-order valence-electron chi connectivity index (χ0n) is 5.72. The van der Waals surface area contributed by atoms with E-state index in [-0.39, 0.29) is 19.0 Å². The second-order valence-corrected chi connectivity index (χ2v) is 2.34. The van der Waals surface area contributed by atoms with Gasteiger partial charge in [-0.2, -0.15) is 0 Å². The van der Waals surface area contributed by atoms with Gasteiger partial charge in [0.15, 0.2) is 0 Å². The SMILES string of the molecule is O=C(CNCl)O[C@@H](CO)CCl. The van der Waals surface area contributed by atoms with Gasteiger partial charge in [0.25, 0.3) is 0 Å². The Hall–Kier alpha value is -0.0300. The maximum Gasteiger partial charge on any atom is 0.321 e. The molecule has 0 fully saturated rings. The molecule has 0 aromatic heterocycles. The number of ether oxygens (including phenoxy) is 1. The Balaban J connectivity index is 3.54. The minimum atomic E-state index is -0.644. The van der Waals surface area contributed by atoms with Crippen molar-refractivity contribution < 1.29 is 14.6 Å². The van der Waals surface area contributed by atoms with Crippen molar-refractivity contribution in [1.82, 2.24) is 4.84 Å². The molecule has 0 saturated carbocycles. The topological polar surface area (TPSA) is 58.6 Å². The number of esters is 1. The van der Waals surface area contributed by atoms with E-state index in [1.165, 1.54) is 0 Å². The van der Waals surface area contributed by atoms with Crippen LogP contribution in [0, 0.1) is 0 Å². The normalized spacial score (nSPS) is 12.6. The molecule has 0 amide bonds. The lowest BCUT2D eigenvalue weighted by Gasteiger charge is -2.11. The van der Waals surface area contributed by atoms with Crippen molar-refractivity contribution in [3.63, 3.8) is 0 Å². The fourth-order valence-electron chi connectivity index (χ4n) is 0.400. The number of aliphatic hydroxyl groups is 1. The predicted molar refractivity (Wildman–Crippen MR) is 41.5 cm³/mol. The highest BCUT2D eigenvalue weighted by molar-refractivity contribution is 6.18. The Kier molecular flexibility index (Phi) is 6.65. The zero-order chi connectivity index (χ0) is 8.69. The first-order chi connectivity index (χ1) is 5.24. The second kappa shape index (κ2) is 6.67. The third-order valence-corrected chi connectivity index (χ3v) is 1.36. The fourth-order valence-corrected chi connectivity index (χ4v) is 0.669. The molecule has 0 spiro atoms. The average Bonchev–Trinajstić information content (AvgIpc) is 2.01. The number of aliphatic hydroxyl groups excluding tert-OH is 1. The van der Waals surface area contributed by atoms with Gasteiger partial charge in [0.05, 0.1) is 12.5 Å². The van der Waals surface area contributed by atoms with Crippen LogP contribution in [0.1, 0.15) is 0 Å². The van der Waals surface area contributed by atoms with Gasteiger partial charge in [-0.1, -0.05) is 0 Å². The van der Waals surface area contributed by atoms with E-state index in [0.29, 0.717) is 0 Å². The monoisotopic (exact) mass is 201 g/mol. The molecule has 4 nitrogen and oxygen atoms in total. The van der Waals surface area contributed by atoms with Crippen molar-refractivity contribution in [2.45, 2.75) is 6.10 Å². The lowest BCUT2D eigenvalue weighted by Crippen LogP contribution is -2.27. The number of carbonyl (C=O) groups excluding carboxylic acids is 1. The van der Waals surface area contributed by atoms with Crippen LogP contribution in [0.5, 0.6) is 0 Å². The van der Waals surface area contributed by atoms with E-state index < -0.39 is 12.1 Å². The van der Waals surface area contributed by atoms with Crippen LogP contribution in [-0.2, 0) is 9.53 Å². The first kappa shape index (κ1) is 11.0. The van der Waals surface area contributed by atoms with Crippen molar-refractivity contribution in [1.29, 1.82) is 0 Å². The molecule has 0 rings (SSSR count). The molecule has 0 heterocycles. The number of alkyl halides is 1. The Bertz CT molecular complexity index is 118. The van der Waals surface area contributed by atoms with E-state index in [1.807, 2.05) is 0 Å². The second-order valence-electron chi connectivity index (χ2n) is 1.76. The molecule has 1 atom stereocenters. The number of nitrogens with one attached hydrogen (secondary N) is 1. The molecule has 0 aliphatic rings. The molecule has 0 radical (unpaired) electrons. The quantitative estimate of drug-likeness (QED) is 0.370. The van der Waals surface area contributed by atoms with Crippen LogP contribution in [0.4, 0.5) is 0 Å². The van der Waals surface area contributed by atoms with Gasteiger partial charge >= 0.3 is 5.97 Å². The van der Waals surface area contributed by atoms with Crippen molar-refractivity contribution in [3.05, 3.63) is 0 Å². The fraction of sp³-hybridized carbons (Fsp3) is 0.800. The van der Waals surface area contributed by atoms with Crippen LogP contribution in [0.2, 0.25) is 0 Å². The third kappa shape index (κ3) is 5.26. The highest BCUT2D eigenvalue weighted by atomic mass is 35.5. The summed E-state index contributed by atoms with van der Waals surface area (Å²) in [5.41, 5.74) is 0. The van der Waals surface area contributed by atoms with Gasteiger partial charge in [-0.15, -0.1) is 11.6 Å². The maximum absolute atomic E-state index is 10.6. The molecule has 0 aliphatic carbocycles. The van der Waals surface area contributed by atoms with E-state index in [1.54, 1.807) is 0 Å². The van der Waals surface area contributed by atoms with Crippen molar-refractivity contribution in [2.24, 2.45) is 0 Å². The molecule has 6 heteroatoms. The summed E-state index contributed by atoms with van der Waals surface area (Å²) in [5.74, 6) is -0.468. The molecule has 11 heavy (non-hydrogen) atoms. The van der Waals surface area contributed by atoms with Gasteiger partial charge < -0.3 is 9.84 Å². The molecule has 0 aliphatic heterocycles. The van der Waals surface area contributed by atoms with E-state index in [9.17, 15) is 4.79 Å². The standard InChI is InChI=1S/C5H9Cl2NO3/c6-1-4(3-9)11-5(10)2-8-7/h4,8-9H,1-3H2/t4-/m1/s1. The lowest BCUT2D eigenvalue weighted by atomic mass is 10.4. The number of hydrogen-bond acceptors (Lipinski definition) is 4. The summed E-state index contributed by atoms with van der Waals surface area (Å²) in [4.78, 5) is 12.7. The largest absolute Gasteiger partial charge is 0.458 e. The zero-order valence-corrected chi connectivity index (χ0v) is 7.23. The average molecular weight is 202 g/mol. The Morgan fingerprint density at radius 3 is 2.73 bits per heavy atom. The molecular formula is C5H9Cl2NO3. The van der Waals surface area contributed by atoms with Crippen LogP contribution >= 0.6 is 23.4 Å².